The lowest BCUT2D eigenvalue weighted by Crippen LogP contribution is -2.39. The van der Waals surface area contributed by atoms with Crippen LogP contribution in [0.25, 0.3) is 11.2 Å². The van der Waals surface area contributed by atoms with Gasteiger partial charge in [0.15, 0.2) is 23.2 Å². The zero-order chi connectivity index (χ0) is 33.3. The predicted molar refractivity (Wildman–Crippen MR) is 169 cm³/mol. The lowest BCUT2D eigenvalue weighted by atomic mass is 9.88. The smallest absolute Gasteiger partial charge is 0.388 e. The Bertz CT molecular complexity index is 1340. The summed E-state index contributed by atoms with van der Waals surface area (Å²) in [6, 6.07) is 0. The molecule has 15 heteroatoms. The highest BCUT2D eigenvalue weighted by Crippen LogP contribution is 2.80. The molecule has 256 valence electrons. The Balaban J connectivity index is 1.43. The molecule has 2 aliphatic rings. The van der Waals surface area contributed by atoms with Crippen LogP contribution in [-0.4, -0.2) is 89.6 Å². The molecule has 4 rings (SSSR count). The number of aliphatic hydroxyl groups excluding tert-OH is 2. The Kier molecular flexibility index (Phi) is 11.1. The third-order valence-electron chi connectivity index (χ3n) is 9.26. The molecular formula is C30H53N6O8P. The van der Waals surface area contributed by atoms with Crippen molar-refractivity contribution in [2.75, 3.05) is 25.0 Å². The molecule has 2 aliphatic heterocycles. The van der Waals surface area contributed by atoms with Crippen LogP contribution < -0.4 is 11.1 Å². The van der Waals surface area contributed by atoms with Crippen LogP contribution in [0.4, 0.5) is 5.82 Å². The molecule has 4 heterocycles. The molecule has 0 spiro atoms. The summed E-state index contributed by atoms with van der Waals surface area (Å²) in [6.07, 6.45) is 2.30. The van der Waals surface area contributed by atoms with Crippen molar-refractivity contribution in [3.8, 4) is 0 Å². The molecule has 2 aromatic rings. The summed E-state index contributed by atoms with van der Waals surface area (Å²) in [7, 11) is -3.72. The van der Waals surface area contributed by atoms with Crippen molar-refractivity contribution in [1.29, 1.82) is 0 Å². The fourth-order valence-corrected chi connectivity index (χ4v) is 7.84. The maximum absolute atomic E-state index is 13.0. The lowest BCUT2D eigenvalue weighted by molar-refractivity contribution is -0.0686. The highest BCUT2D eigenvalue weighted by atomic mass is 31.2. The fraction of sp³-hybridized carbons (Fsp3) is 0.833. The second-order valence-electron chi connectivity index (χ2n) is 13.7. The van der Waals surface area contributed by atoms with E-state index in [1.54, 1.807) is 11.5 Å². The molecule has 0 radical (unpaired) electrons. The lowest BCUT2D eigenvalue weighted by Gasteiger charge is -2.33. The number of hydrogen-bond donors (Lipinski definition) is 5. The third-order valence-corrected chi connectivity index (χ3v) is 11.5. The number of hydrogen-bond acceptors (Lipinski definition) is 13. The zero-order valence-corrected chi connectivity index (χ0v) is 28.6. The summed E-state index contributed by atoms with van der Waals surface area (Å²) in [5, 5.41) is 35.9. The first-order valence-electron chi connectivity index (χ1n) is 16.1. The Morgan fingerprint density at radius 1 is 1.11 bits per heavy atom. The molecule has 2 fully saturated rings. The average Bonchev–Trinajstić information content (AvgIpc) is 3.24. The monoisotopic (exact) mass is 656 g/mol. The third kappa shape index (κ3) is 7.88. The molecule has 0 amide bonds. The van der Waals surface area contributed by atoms with E-state index >= 15 is 0 Å². The van der Waals surface area contributed by atoms with Gasteiger partial charge in [0.25, 0.3) is 5.53 Å². The minimum Gasteiger partial charge on any atom is -0.388 e. The van der Waals surface area contributed by atoms with Gasteiger partial charge in [0.05, 0.1) is 23.6 Å². The molecular weight excluding hydrogens is 603 g/mol. The Hall–Kier alpha value is -1.74. The van der Waals surface area contributed by atoms with Crippen molar-refractivity contribution in [2.45, 2.75) is 135 Å². The number of nitrogens with two attached hydrogens (primary N) is 1. The predicted octanol–water partition coefficient (Wildman–Crippen LogP) is 4.05. The van der Waals surface area contributed by atoms with Gasteiger partial charge in [-0.2, -0.15) is 0 Å². The number of nitrogens with one attached hydrogen (secondary N) is 1. The number of rotatable bonds is 18. The molecule has 0 bridgehead atoms. The van der Waals surface area contributed by atoms with E-state index < -0.39 is 43.3 Å². The SMILES string of the molecule is CCC(CC)(CC1O[C@@H](n2cnc3c(NCC(C)(C)CCOC(C)(C)CCCN)ncnc32)[C@H](O)C1O)OP1(=O)OC1(O)CC. The van der Waals surface area contributed by atoms with E-state index in [-0.39, 0.29) is 23.9 Å². The van der Waals surface area contributed by atoms with Crippen LogP contribution in [-0.2, 0) is 23.1 Å². The molecule has 0 aliphatic carbocycles. The highest BCUT2D eigenvalue weighted by molar-refractivity contribution is 7.61. The molecule has 0 aromatic carbocycles. The number of aliphatic hydroxyl groups is 3. The van der Waals surface area contributed by atoms with Gasteiger partial charge in [-0.3, -0.25) is 18.2 Å². The van der Waals surface area contributed by atoms with Crippen molar-refractivity contribution in [3.05, 3.63) is 12.7 Å². The van der Waals surface area contributed by atoms with E-state index in [4.69, 9.17) is 24.3 Å². The first kappa shape index (κ1) is 36.1. The first-order valence-corrected chi connectivity index (χ1v) is 17.6. The Morgan fingerprint density at radius 2 is 1.82 bits per heavy atom. The second kappa shape index (κ2) is 13.8. The van der Waals surface area contributed by atoms with Crippen LogP contribution in [0.15, 0.2) is 12.7 Å². The van der Waals surface area contributed by atoms with Crippen molar-refractivity contribution in [2.24, 2.45) is 11.1 Å². The number of aromatic nitrogens is 4. The molecule has 6 N–H and O–H groups in total. The summed E-state index contributed by atoms with van der Waals surface area (Å²) in [5.74, 6) is 0.544. The Morgan fingerprint density at radius 3 is 2.44 bits per heavy atom. The molecule has 45 heavy (non-hydrogen) atoms. The van der Waals surface area contributed by atoms with Gasteiger partial charge in [0, 0.05) is 26.0 Å². The molecule has 4 unspecified atom stereocenters. The van der Waals surface area contributed by atoms with Crippen molar-refractivity contribution >= 4 is 24.6 Å². The quantitative estimate of drug-likeness (QED) is 0.114. The van der Waals surface area contributed by atoms with Gasteiger partial charge in [0.2, 0.25) is 0 Å². The number of nitrogens with zero attached hydrogens (tertiary/aromatic N) is 4. The van der Waals surface area contributed by atoms with Crippen LogP contribution in [0.3, 0.4) is 0 Å². The summed E-state index contributed by atoms with van der Waals surface area (Å²) in [4.78, 5) is 13.3. The van der Waals surface area contributed by atoms with E-state index in [2.05, 4.69) is 48.0 Å². The van der Waals surface area contributed by atoms with Crippen LogP contribution >= 0.6 is 7.60 Å². The van der Waals surface area contributed by atoms with Crippen molar-refractivity contribution < 1.29 is 38.4 Å². The van der Waals surface area contributed by atoms with Crippen LogP contribution in [0.2, 0.25) is 0 Å². The minimum absolute atomic E-state index is 0.109. The maximum Gasteiger partial charge on any atom is 0.393 e. The number of fused-ring (bicyclic) bond motifs is 1. The molecule has 2 saturated heterocycles. The number of ether oxygens (including phenoxy) is 2. The molecule has 6 atom stereocenters. The zero-order valence-electron chi connectivity index (χ0n) is 27.7. The molecule has 0 saturated carbocycles. The van der Waals surface area contributed by atoms with Gasteiger partial charge in [-0.05, 0) is 57.9 Å². The summed E-state index contributed by atoms with van der Waals surface area (Å²) < 4.78 is 38.1. The van der Waals surface area contributed by atoms with E-state index in [9.17, 15) is 19.9 Å². The van der Waals surface area contributed by atoms with Gasteiger partial charge in [0.1, 0.15) is 18.5 Å². The Labute approximate surface area is 265 Å². The maximum atomic E-state index is 13.0. The number of anilines is 1. The normalized spacial score (nSPS) is 29.0. The molecule has 2 aromatic heterocycles. The van der Waals surface area contributed by atoms with Crippen LogP contribution in [0.1, 0.15) is 99.6 Å². The van der Waals surface area contributed by atoms with Gasteiger partial charge in [-0.15, -0.1) is 0 Å². The van der Waals surface area contributed by atoms with E-state index in [0.29, 0.717) is 49.5 Å². The fourth-order valence-electron chi connectivity index (χ4n) is 5.76. The largest absolute Gasteiger partial charge is 0.393 e. The minimum atomic E-state index is -3.72. The standard InChI is InChI=1S/C30H53N6O8P/c1-8-29(9-2,43-45(40)30(39,10-3)44-45)16-20-22(37)23(38)26(42-20)36-19-35-21-24(33-18-34-25(21)36)32-17-27(4,5)13-15-41-28(6,7)12-11-14-31/h18-20,22-23,26,37-39H,8-17,31H2,1-7H3,(H,32,33,34)/t20?,22?,23-,26-,30?,45?/m1/s1. The molecule has 14 nitrogen and oxygen atoms in total. The number of imidazole rings is 1. The van der Waals surface area contributed by atoms with Gasteiger partial charge < -0.3 is 35.8 Å². The van der Waals surface area contributed by atoms with E-state index in [1.807, 2.05) is 13.8 Å². The highest BCUT2D eigenvalue weighted by Gasteiger charge is 2.71. The van der Waals surface area contributed by atoms with Crippen LogP contribution in [0.5, 0.6) is 0 Å². The topological polar surface area (TPSA) is 200 Å². The summed E-state index contributed by atoms with van der Waals surface area (Å²) >= 11 is 0. The van der Waals surface area contributed by atoms with Gasteiger partial charge >= 0.3 is 7.60 Å². The van der Waals surface area contributed by atoms with E-state index in [0.717, 1.165) is 19.3 Å². The first-order chi connectivity index (χ1) is 21.1. The van der Waals surface area contributed by atoms with Crippen molar-refractivity contribution in [1.82, 2.24) is 19.5 Å². The summed E-state index contributed by atoms with van der Waals surface area (Å²) in [5.41, 5.74) is 3.46. The van der Waals surface area contributed by atoms with Crippen LogP contribution in [0, 0.1) is 5.41 Å². The average molecular weight is 657 g/mol. The van der Waals surface area contributed by atoms with Gasteiger partial charge in [-0.1, -0.05) is 34.6 Å². The summed E-state index contributed by atoms with van der Waals surface area (Å²) in [6.45, 7) is 15.8. The van der Waals surface area contributed by atoms with Gasteiger partial charge in [-0.25, -0.2) is 15.0 Å². The second-order valence-corrected chi connectivity index (χ2v) is 15.8. The van der Waals surface area contributed by atoms with Crippen molar-refractivity contribution in [3.63, 3.8) is 0 Å². The van der Waals surface area contributed by atoms with E-state index in [1.165, 1.54) is 12.7 Å².